The molecule has 154 valence electrons. The molecular weight excluding hydrogens is 479 g/mol. The highest BCUT2D eigenvalue weighted by Gasteiger charge is 2.33. The maximum Gasteiger partial charge on any atom is 0.238 e. The molecule has 2 rings (SSSR count). The fraction of sp³-hybridized carbons (Fsp3) is 0.611. The summed E-state index contributed by atoms with van der Waals surface area (Å²) in [4.78, 5) is 4.40. The average molecular weight is 510 g/mol. The first-order chi connectivity index (χ1) is 12.4. The molecule has 1 aliphatic rings. The molecule has 7 nitrogen and oxygen atoms in total. The SMILES string of the molecule is CN=C(NCc1ccc(S(N)(=O)=O)cc1)NCC1(CCOC)CCCC1.I. The number of primary sulfonamides is 1. The number of nitrogens with one attached hydrogen (secondary N) is 2. The zero-order valence-corrected chi connectivity index (χ0v) is 19.2. The van der Waals surface area contributed by atoms with Crippen molar-refractivity contribution in [2.24, 2.45) is 15.5 Å². The van der Waals surface area contributed by atoms with Gasteiger partial charge >= 0.3 is 0 Å². The number of guanidine groups is 1. The average Bonchev–Trinajstić information content (AvgIpc) is 3.09. The second-order valence-electron chi connectivity index (χ2n) is 6.92. The molecule has 1 aliphatic carbocycles. The minimum absolute atomic E-state index is 0. The molecule has 1 fully saturated rings. The summed E-state index contributed by atoms with van der Waals surface area (Å²) in [5.74, 6) is 0.740. The van der Waals surface area contributed by atoms with Crippen molar-refractivity contribution in [3.8, 4) is 0 Å². The van der Waals surface area contributed by atoms with Crippen LogP contribution in [0.2, 0.25) is 0 Å². The van der Waals surface area contributed by atoms with Gasteiger partial charge in [-0.25, -0.2) is 13.6 Å². The number of sulfonamides is 1. The minimum Gasteiger partial charge on any atom is -0.385 e. The van der Waals surface area contributed by atoms with E-state index in [1.807, 2.05) is 0 Å². The smallest absolute Gasteiger partial charge is 0.238 e. The summed E-state index contributed by atoms with van der Waals surface area (Å²) in [6, 6.07) is 6.52. The van der Waals surface area contributed by atoms with E-state index in [-0.39, 0.29) is 34.3 Å². The maximum absolute atomic E-state index is 11.3. The highest BCUT2D eigenvalue weighted by atomic mass is 127. The Morgan fingerprint density at radius 1 is 1.22 bits per heavy atom. The molecule has 0 atom stereocenters. The van der Waals surface area contributed by atoms with E-state index in [2.05, 4.69) is 15.6 Å². The molecule has 4 N–H and O–H groups in total. The number of rotatable bonds is 8. The van der Waals surface area contributed by atoms with Gasteiger partial charge < -0.3 is 15.4 Å². The Morgan fingerprint density at radius 3 is 2.37 bits per heavy atom. The Bertz CT molecular complexity index is 702. The van der Waals surface area contributed by atoms with E-state index in [1.54, 1.807) is 26.3 Å². The maximum atomic E-state index is 11.3. The third kappa shape index (κ3) is 7.55. The molecule has 0 heterocycles. The number of hydrogen-bond acceptors (Lipinski definition) is 4. The van der Waals surface area contributed by atoms with Crippen LogP contribution >= 0.6 is 24.0 Å². The second kappa shape index (κ2) is 11.2. The monoisotopic (exact) mass is 510 g/mol. The zero-order valence-electron chi connectivity index (χ0n) is 16.0. The van der Waals surface area contributed by atoms with Crippen molar-refractivity contribution in [3.63, 3.8) is 0 Å². The number of ether oxygens (including phenoxy) is 1. The largest absolute Gasteiger partial charge is 0.385 e. The summed E-state index contributed by atoms with van der Waals surface area (Å²) in [5.41, 5.74) is 1.24. The highest BCUT2D eigenvalue weighted by molar-refractivity contribution is 14.0. The van der Waals surface area contributed by atoms with Gasteiger partial charge in [-0.3, -0.25) is 4.99 Å². The van der Waals surface area contributed by atoms with Crippen LogP contribution in [0.15, 0.2) is 34.2 Å². The van der Waals surface area contributed by atoms with Gasteiger partial charge in [0.25, 0.3) is 0 Å². The molecule has 0 aromatic heterocycles. The number of halogens is 1. The molecule has 0 saturated heterocycles. The van der Waals surface area contributed by atoms with E-state index >= 15 is 0 Å². The fourth-order valence-electron chi connectivity index (χ4n) is 3.43. The molecule has 1 aromatic rings. The Kier molecular flexibility index (Phi) is 9.99. The van der Waals surface area contributed by atoms with E-state index < -0.39 is 10.0 Å². The fourth-order valence-corrected chi connectivity index (χ4v) is 3.95. The van der Waals surface area contributed by atoms with Crippen molar-refractivity contribution in [1.82, 2.24) is 10.6 Å². The predicted octanol–water partition coefficient (Wildman–Crippen LogP) is 2.21. The Balaban J connectivity index is 0.00000364. The van der Waals surface area contributed by atoms with Gasteiger partial charge in [0.2, 0.25) is 10.0 Å². The topological polar surface area (TPSA) is 106 Å². The zero-order chi connectivity index (χ0) is 19.0. The quantitative estimate of drug-likeness (QED) is 0.283. The molecule has 1 saturated carbocycles. The number of nitrogens with two attached hydrogens (primary N) is 1. The second-order valence-corrected chi connectivity index (χ2v) is 8.48. The summed E-state index contributed by atoms with van der Waals surface area (Å²) >= 11 is 0. The molecule has 9 heteroatoms. The van der Waals surface area contributed by atoms with E-state index in [9.17, 15) is 8.42 Å². The lowest BCUT2D eigenvalue weighted by Crippen LogP contribution is -2.43. The Morgan fingerprint density at radius 2 is 1.85 bits per heavy atom. The summed E-state index contributed by atoms with van der Waals surface area (Å²) in [6.07, 6.45) is 6.04. The van der Waals surface area contributed by atoms with Crippen molar-refractivity contribution >= 4 is 40.0 Å². The highest BCUT2D eigenvalue weighted by Crippen LogP contribution is 2.40. The summed E-state index contributed by atoms with van der Waals surface area (Å²) in [7, 11) is -0.161. The molecule has 0 bridgehead atoms. The van der Waals surface area contributed by atoms with Crippen LogP contribution in [0.25, 0.3) is 0 Å². The third-order valence-corrected chi connectivity index (χ3v) is 6.00. The van der Waals surface area contributed by atoms with Gasteiger partial charge in [0.15, 0.2) is 5.96 Å². The van der Waals surface area contributed by atoms with E-state index in [1.165, 1.54) is 37.8 Å². The minimum atomic E-state index is -3.65. The molecule has 0 aliphatic heterocycles. The van der Waals surface area contributed by atoms with Gasteiger partial charge in [-0.2, -0.15) is 0 Å². The van der Waals surface area contributed by atoms with E-state index in [4.69, 9.17) is 9.88 Å². The first kappa shape index (κ1) is 24.1. The van der Waals surface area contributed by atoms with Crippen LogP contribution in [0.5, 0.6) is 0 Å². The van der Waals surface area contributed by atoms with Crippen molar-refractivity contribution < 1.29 is 13.2 Å². The van der Waals surface area contributed by atoms with Crippen LogP contribution in [0.3, 0.4) is 0 Å². The Labute approximate surface area is 179 Å². The lowest BCUT2D eigenvalue weighted by Gasteiger charge is -2.30. The predicted molar refractivity (Wildman–Crippen MR) is 119 cm³/mol. The van der Waals surface area contributed by atoms with Gasteiger partial charge in [-0.05, 0) is 42.4 Å². The van der Waals surface area contributed by atoms with Crippen LogP contribution in [0, 0.1) is 5.41 Å². The van der Waals surface area contributed by atoms with Gasteiger partial charge in [0.05, 0.1) is 4.90 Å². The summed E-state index contributed by atoms with van der Waals surface area (Å²) in [5, 5.41) is 11.8. The van der Waals surface area contributed by atoms with E-state index in [0.717, 1.165) is 31.1 Å². The standard InChI is InChI=1S/C18H30N4O3S.HI/c1-20-17(22-14-18(11-12-25-2)9-3-4-10-18)21-13-15-5-7-16(8-6-15)26(19,23)24;/h5-8H,3-4,9-14H2,1-2H3,(H2,19,23,24)(H2,20,21,22);1H. The molecule has 0 spiro atoms. The lowest BCUT2D eigenvalue weighted by molar-refractivity contribution is 0.138. The van der Waals surface area contributed by atoms with Crippen molar-refractivity contribution in [1.29, 1.82) is 0 Å². The van der Waals surface area contributed by atoms with Gasteiger partial charge in [-0.1, -0.05) is 25.0 Å². The normalized spacial score (nSPS) is 16.6. The number of hydrogen-bond donors (Lipinski definition) is 3. The van der Waals surface area contributed by atoms with Crippen LogP contribution in [-0.4, -0.2) is 41.7 Å². The first-order valence-electron chi connectivity index (χ1n) is 8.94. The van der Waals surface area contributed by atoms with Gasteiger partial charge in [0, 0.05) is 33.9 Å². The first-order valence-corrected chi connectivity index (χ1v) is 10.5. The number of nitrogens with zero attached hydrogens (tertiary/aromatic N) is 1. The van der Waals surface area contributed by atoms with Crippen molar-refractivity contribution in [2.75, 3.05) is 27.3 Å². The van der Waals surface area contributed by atoms with Crippen LogP contribution in [-0.2, 0) is 21.3 Å². The molecule has 27 heavy (non-hydrogen) atoms. The van der Waals surface area contributed by atoms with E-state index in [0.29, 0.717) is 6.54 Å². The molecule has 0 amide bonds. The lowest BCUT2D eigenvalue weighted by atomic mass is 9.83. The summed E-state index contributed by atoms with van der Waals surface area (Å²) < 4.78 is 27.9. The van der Waals surface area contributed by atoms with Gasteiger partial charge in [-0.15, -0.1) is 24.0 Å². The molecule has 0 radical (unpaired) electrons. The number of aliphatic imine (C=N–C) groups is 1. The number of methoxy groups -OCH3 is 1. The van der Waals surface area contributed by atoms with Crippen LogP contribution in [0.4, 0.5) is 0 Å². The van der Waals surface area contributed by atoms with Crippen LogP contribution in [0.1, 0.15) is 37.7 Å². The summed E-state index contributed by atoms with van der Waals surface area (Å²) in [6.45, 7) is 2.21. The van der Waals surface area contributed by atoms with Gasteiger partial charge in [0.1, 0.15) is 0 Å². The third-order valence-electron chi connectivity index (χ3n) is 5.07. The van der Waals surface area contributed by atoms with Crippen molar-refractivity contribution in [2.45, 2.75) is 43.5 Å². The van der Waals surface area contributed by atoms with Crippen molar-refractivity contribution in [3.05, 3.63) is 29.8 Å². The molecule has 0 unspecified atom stereocenters. The molecule has 1 aromatic carbocycles. The van der Waals surface area contributed by atoms with Crippen LogP contribution < -0.4 is 15.8 Å². The number of benzene rings is 1. The Hall–Kier alpha value is -0.910. The molecular formula is C18H31IN4O3S.